The third-order valence-electron chi connectivity index (χ3n) is 5.18. The second-order valence-electron chi connectivity index (χ2n) is 7.14. The van der Waals surface area contributed by atoms with E-state index in [0.717, 1.165) is 40.3 Å². The summed E-state index contributed by atoms with van der Waals surface area (Å²) in [6.07, 6.45) is 3.96. The van der Waals surface area contributed by atoms with Crippen LogP contribution in [-0.4, -0.2) is 57.3 Å². The molecule has 152 valence electrons. The molecule has 7 heteroatoms. The first-order valence-electron chi connectivity index (χ1n) is 9.99. The molecule has 0 amide bonds. The number of aromatic hydroxyl groups is 1. The first-order chi connectivity index (χ1) is 14.2. The molecular weight excluding hydrogens is 384 g/mol. The molecule has 1 aromatic heterocycles. The van der Waals surface area contributed by atoms with Gasteiger partial charge in [0.05, 0.1) is 7.11 Å². The summed E-state index contributed by atoms with van der Waals surface area (Å²) in [4.78, 5) is 2.53. The van der Waals surface area contributed by atoms with E-state index in [1.807, 2.05) is 36.4 Å². The number of phenolic OH excluding ortho intramolecular Hbond substituents is 1. The fraction of sp³-hybridized carbons (Fsp3) is 0.364. The molecule has 1 fully saturated rings. The van der Waals surface area contributed by atoms with Gasteiger partial charge in [-0.15, -0.1) is 10.2 Å². The molecule has 4 rings (SSSR count). The normalized spacial score (nSPS) is 14.8. The highest BCUT2D eigenvalue weighted by atomic mass is 32.2. The lowest BCUT2D eigenvalue weighted by Gasteiger charge is -2.25. The quantitative estimate of drug-likeness (QED) is 0.588. The first kappa shape index (κ1) is 19.8. The van der Waals surface area contributed by atoms with Gasteiger partial charge in [-0.2, -0.15) is 0 Å². The molecule has 0 saturated carbocycles. The monoisotopic (exact) mass is 410 g/mol. The predicted molar refractivity (Wildman–Crippen MR) is 116 cm³/mol. The molecule has 3 aromatic rings. The summed E-state index contributed by atoms with van der Waals surface area (Å²) < 4.78 is 7.37. The van der Waals surface area contributed by atoms with Crippen LogP contribution in [0, 0.1) is 0 Å². The van der Waals surface area contributed by atoms with Crippen molar-refractivity contribution in [2.75, 3.05) is 32.5 Å². The summed E-state index contributed by atoms with van der Waals surface area (Å²) in [5, 5.41) is 19.4. The summed E-state index contributed by atoms with van der Waals surface area (Å²) in [5.74, 6) is 2.78. The van der Waals surface area contributed by atoms with E-state index in [-0.39, 0.29) is 5.75 Å². The summed E-state index contributed by atoms with van der Waals surface area (Å²) in [7, 11) is 1.66. The van der Waals surface area contributed by atoms with E-state index < -0.39 is 0 Å². The zero-order chi connectivity index (χ0) is 20.1. The third kappa shape index (κ3) is 4.74. The van der Waals surface area contributed by atoms with Gasteiger partial charge in [-0.05, 0) is 74.5 Å². The molecule has 0 atom stereocenters. The number of ether oxygens (including phenoxy) is 1. The molecule has 1 N–H and O–H groups in total. The van der Waals surface area contributed by atoms with Gasteiger partial charge in [0.1, 0.15) is 11.5 Å². The van der Waals surface area contributed by atoms with Crippen LogP contribution in [0.15, 0.2) is 53.7 Å². The van der Waals surface area contributed by atoms with Crippen molar-refractivity contribution < 1.29 is 9.84 Å². The van der Waals surface area contributed by atoms with Crippen LogP contribution >= 0.6 is 11.8 Å². The Morgan fingerprint density at radius 2 is 1.69 bits per heavy atom. The molecule has 1 aliphatic rings. The average molecular weight is 411 g/mol. The van der Waals surface area contributed by atoms with E-state index in [1.54, 1.807) is 31.0 Å². The van der Waals surface area contributed by atoms with Crippen molar-refractivity contribution in [3.63, 3.8) is 0 Å². The van der Waals surface area contributed by atoms with E-state index in [2.05, 4.69) is 19.7 Å². The van der Waals surface area contributed by atoms with Gasteiger partial charge in [0.2, 0.25) is 0 Å². The van der Waals surface area contributed by atoms with Crippen LogP contribution in [0.5, 0.6) is 11.5 Å². The van der Waals surface area contributed by atoms with Gasteiger partial charge in [0, 0.05) is 23.5 Å². The molecule has 0 unspecified atom stereocenters. The maximum absolute atomic E-state index is 9.63. The molecule has 29 heavy (non-hydrogen) atoms. The average Bonchev–Trinajstić information content (AvgIpc) is 3.19. The molecule has 2 aromatic carbocycles. The van der Waals surface area contributed by atoms with Crippen LogP contribution in [0.1, 0.15) is 19.3 Å². The van der Waals surface area contributed by atoms with Gasteiger partial charge in [0.25, 0.3) is 0 Å². The topological polar surface area (TPSA) is 63.4 Å². The zero-order valence-corrected chi connectivity index (χ0v) is 17.4. The number of piperidine rings is 1. The molecule has 0 aliphatic carbocycles. The Balaban J connectivity index is 1.60. The molecular formula is C22H26N4O2S. The fourth-order valence-electron chi connectivity index (χ4n) is 3.57. The summed E-state index contributed by atoms with van der Waals surface area (Å²) in [6.45, 7) is 3.46. The Labute approximate surface area is 175 Å². The number of nitrogens with zero attached hydrogens (tertiary/aromatic N) is 4. The van der Waals surface area contributed by atoms with Gasteiger partial charge in [-0.25, -0.2) is 0 Å². The van der Waals surface area contributed by atoms with Crippen LogP contribution in [0.4, 0.5) is 0 Å². The second kappa shape index (κ2) is 9.33. The highest BCUT2D eigenvalue weighted by Crippen LogP contribution is 2.29. The fourth-order valence-corrected chi connectivity index (χ4v) is 4.53. The Hall–Kier alpha value is -2.51. The second-order valence-corrected chi connectivity index (χ2v) is 8.20. The number of methoxy groups -OCH3 is 1. The van der Waals surface area contributed by atoms with Crippen LogP contribution in [0.3, 0.4) is 0 Å². The number of benzene rings is 2. The van der Waals surface area contributed by atoms with Gasteiger partial charge in [-0.1, -0.05) is 18.2 Å². The Morgan fingerprint density at radius 3 is 2.38 bits per heavy atom. The maximum Gasteiger partial charge on any atom is 0.196 e. The number of likely N-dealkylation sites (tertiary alicyclic amines) is 1. The molecule has 1 aliphatic heterocycles. The van der Waals surface area contributed by atoms with E-state index >= 15 is 0 Å². The Morgan fingerprint density at radius 1 is 0.966 bits per heavy atom. The van der Waals surface area contributed by atoms with Gasteiger partial charge < -0.3 is 14.7 Å². The Bertz CT molecular complexity index is 919. The van der Waals surface area contributed by atoms with E-state index in [9.17, 15) is 5.11 Å². The van der Waals surface area contributed by atoms with E-state index in [0.29, 0.717) is 0 Å². The molecule has 0 bridgehead atoms. The Kier molecular flexibility index (Phi) is 6.36. The number of rotatable bonds is 7. The van der Waals surface area contributed by atoms with Crippen LogP contribution in [0.2, 0.25) is 0 Å². The van der Waals surface area contributed by atoms with Crippen molar-refractivity contribution >= 4 is 11.8 Å². The predicted octanol–water partition coefficient (Wildman–Crippen LogP) is 4.23. The molecule has 0 radical (unpaired) electrons. The largest absolute Gasteiger partial charge is 0.508 e. The van der Waals surface area contributed by atoms with Crippen molar-refractivity contribution in [1.29, 1.82) is 0 Å². The third-order valence-corrected chi connectivity index (χ3v) is 6.09. The number of phenols is 1. The molecule has 1 saturated heterocycles. The van der Waals surface area contributed by atoms with Crippen LogP contribution in [-0.2, 0) is 0 Å². The lowest BCUT2D eigenvalue weighted by Crippen LogP contribution is -2.31. The zero-order valence-electron chi connectivity index (χ0n) is 16.6. The number of hydrogen-bond acceptors (Lipinski definition) is 6. The minimum atomic E-state index is 0.236. The summed E-state index contributed by atoms with van der Waals surface area (Å²) >= 11 is 1.73. The minimum absolute atomic E-state index is 0.236. The SMILES string of the molecule is COc1ccc(-n2c(SCCN3CCCCC3)nnc2-c2ccc(O)cc2)cc1. The standard InChI is InChI=1S/C22H26N4O2S/c1-28-20-11-7-18(8-12-20)26-21(17-5-9-19(27)10-6-17)23-24-22(26)29-16-15-25-13-3-2-4-14-25/h5-12,27H,2-4,13-16H2,1H3. The number of aromatic nitrogens is 3. The number of thioether (sulfide) groups is 1. The summed E-state index contributed by atoms with van der Waals surface area (Å²) in [5.41, 5.74) is 1.90. The minimum Gasteiger partial charge on any atom is -0.508 e. The van der Waals surface area contributed by atoms with Crippen molar-refractivity contribution in [2.24, 2.45) is 0 Å². The van der Waals surface area contributed by atoms with E-state index in [4.69, 9.17) is 4.74 Å². The van der Waals surface area contributed by atoms with Gasteiger partial charge in [0.15, 0.2) is 11.0 Å². The molecule has 6 nitrogen and oxygen atoms in total. The highest BCUT2D eigenvalue weighted by Gasteiger charge is 2.17. The van der Waals surface area contributed by atoms with Gasteiger partial charge >= 0.3 is 0 Å². The van der Waals surface area contributed by atoms with Gasteiger partial charge in [-0.3, -0.25) is 4.57 Å². The lowest BCUT2D eigenvalue weighted by atomic mass is 10.1. The smallest absolute Gasteiger partial charge is 0.196 e. The van der Waals surface area contributed by atoms with Crippen molar-refractivity contribution in [3.8, 4) is 28.6 Å². The maximum atomic E-state index is 9.63. The first-order valence-corrected chi connectivity index (χ1v) is 11.0. The molecule has 0 spiro atoms. The van der Waals surface area contributed by atoms with Crippen molar-refractivity contribution in [3.05, 3.63) is 48.5 Å². The lowest BCUT2D eigenvalue weighted by molar-refractivity contribution is 0.242. The summed E-state index contributed by atoms with van der Waals surface area (Å²) in [6, 6.07) is 15.0. The molecule has 2 heterocycles. The van der Waals surface area contributed by atoms with Crippen LogP contribution in [0.25, 0.3) is 17.1 Å². The van der Waals surface area contributed by atoms with Crippen molar-refractivity contribution in [2.45, 2.75) is 24.4 Å². The van der Waals surface area contributed by atoms with E-state index in [1.165, 1.54) is 32.4 Å². The number of hydrogen-bond donors (Lipinski definition) is 1. The van der Waals surface area contributed by atoms with Crippen molar-refractivity contribution in [1.82, 2.24) is 19.7 Å². The van der Waals surface area contributed by atoms with Crippen LogP contribution < -0.4 is 4.74 Å². The highest BCUT2D eigenvalue weighted by molar-refractivity contribution is 7.99.